The molecule has 1 rings (SSSR count). The molecule has 1 aromatic heterocycles. The average molecular weight is 280 g/mol. The highest BCUT2D eigenvalue weighted by molar-refractivity contribution is 5.90. The van der Waals surface area contributed by atoms with Gasteiger partial charge in [0.05, 0.1) is 17.9 Å². The van der Waals surface area contributed by atoms with E-state index in [4.69, 9.17) is 9.47 Å². The van der Waals surface area contributed by atoms with E-state index in [-0.39, 0.29) is 5.97 Å². The average Bonchev–Trinajstić information content (AvgIpc) is 2.39. The molecule has 112 valence electrons. The number of hydrogen-bond acceptors (Lipinski definition) is 5. The lowest BCUT2D eigenvalue weighted by Crippen LogP contribution is -2.26. The van der Waals surface area contributed by atoms with Gasteiger partial charge < -0.3 is 9.47 Å². The maximum Gasteiger partial charge on any atom is 0.341 e. The van der Waals surface area contributed by atoms with Crippen molar-refractivity contribution in [2.75, 3.05) is 13.2 Å². The van der Waals surface area contributed by atoms with Gasteiger partial charge >= 0.3 is 5.97 Å². The fourth-order valence-electron chi connectivity index (χ4n) is 1.94. The van der Waals surface area contributed by atoms with Crippen molar-refractivity contribution in [1.29, 1.82) is 0 Å². The van der Waals surface area contributed by atoms with Crippen LogP contribution in [0, 0.1) is 0 Å². The summed E-state index contributed by atoms with van der Waals surface area (Å²) in [6.45, 7) is 10.5. The first kappa shape index (κ1) is 16.6. The topological polar surface area (TPSA) is 61.3 Å². The Morgan fingerprint density at radius 1 is 1.25 bits per heavy atom. The van der Waals surface area contributed by atoms with Crippen LogP contribution in [0.1, 0.15) is 62.9 Å². The van der Waals surface area contributed by atoms with Gasteiger partial charge in [0.25, 0.3) is 0 Å². The summed E-state index contributed by atoms with van der Waals surface area (Å²) in [7, 11) is 0. The molecule has 1 heterocycles. The van der Waals surface area contributed by atoms with Crippen molar-refractivity contribution in [1.82, 2.24) is 9.97 Å². The zero-order valence-electron chi connectivity index (χ0n) is 13.0. The second kappa shape index (κ2) is 7.33. The molecule has 0 radical (unpaired) electrons. The molecule has 0 N–H and O–H groups in total. The summed E-state index contributed by atoms with van der Waals surface area (Å²) in [5.41, 5.74) is 0.609. The Morgan fingerprint density at radius 2 is 1.95 bits per heavy atom. The van der Waals surface area contributed by atoms with Crippen LogP contribution in [0.3, 0.4) is 0 Å². The van der Waals surface area contributed by atoms with Gasteiger partial charge in [-0.2, -0.15) is 0 Å². The highest BCUT2D eigenvalue weighted by Gasteiger charge is 2.26. The molecule has 0 saturated heterocycles. The fourth-order valence-corrected chi connectivity index (χ4v) is 1.94. The summed E-state index contributed by atoms with van der Waals surface area (Å²) >= 11 is 0. The molecule has 5 nitrogen and oxygen atoms in total. The van der Waals surface area contributed by atoms with E-state index in [0.717, 1.165) is 12.1 Å². The van der Waals surface area contributed by atoms with Gasteiger partial charge in [-0.25, -0.2) is 14.8 Å². The summed E-state index contributed by atoms with van der Waals surface area (Å²) in [6, 6.07) is 0. The molecule has 0 amide bonds. The van der Waals surface area contributed by atoms with Gasteiger partial charge in [-0.3, -0.25) is 0 Å². The van der Waals surface area contributed by atoms with Crippen LogP contribution in [-0.4, -0.2) is 29.2 Å². The van der Waals surface area contributed by atoms with E-state index in [2.05, 4.69) is 9.97 Å². The van der Waals surface area contributed by atoms with Crippen molar-refractivity contribution in [3.05, 3.63) is 23.3 Å². The van der Waals surface area contributed by atoms with E-state index in [1.807, 2.05) is 27.7 Å². The zero-order valence-corrected chi connectivity index (χ0v) is 13.0. The molecule has 0 aliphatic rings. The second-order valence-electron chi connectivity index (χ2n) is 4.97. The van der Waals surface area contributed by atoms with Gasteiger partial charge in [0.2, 0.25) is 0 Å². The Hall–Kier alpha value is -1.49. The number of esters is 1. The quantitative estimate of drug-likeness (QED) is 0.719. The lowest BCUT2D eigenvalue weighted by molar-refractivity contribution is -0.0210. The highest BCUT2D eigenvalue weighted by Crippen LogP contribution is 2.22. The molecular formula is C15H24N2O3. The maximum absolute atomic E-state index is 11.9. The van der Waals surface area contributed by atoms with Gasteiger partial charge in [0.15, 0.2) is 5.82 Å². The summed E-state index contributed by atoms with van der Waals surface area (Å²) < 4.78 is 10.7. The molecule has 5 heteroatoms. The Morgan fingerprint density at radius 3 is 2.50 bits per heavy atom. The second-order valence-corrected chi connectivity index (χ2v) is 4.97. The summed E-state index contributed by atoms with van der Waals surface area (Å²) in [6.07, 6.45) is 3.16. The monoisotopic (exact) mass is 280 g/mol. The first-order valence-corrected chi connectivity index (χ1v) is 7.13. The third-order valence-electron chi connectivity index (χ3n) is 2.89. The highest BCUT2D eigenvalue weighted by atomic mass is 16.5. The maximum atomic E-state index is 11.9. The van der Waals surface area contributed by atoms with E-state index in [1.165, 1.54) is 0 Å². The third-order valence-corrected chi connectivity index (χ3v) is 2.89. The predicted octanol–water partition coefficient (Wildman–Crippen LogP) is 2.88. The molecule has 0 fully saturated rings. The van der Waals surface area contributed by atoms with Gasteiger partial charge in [-0.05, 0) is 34.1 Å². The predicted molar refractivity (Wildman–Crippen MR) is 76.6 cm³/mol. The van der Waals surface area contributed by atoms with Crippen LogP contribution in [0.15, 0.2) is 6.20 Å². The molecular weight excluding hydrogens is 256 g/mol. The smallest absolute Gasteiger partial charge is 0.341 e. The third kappa shape index (κ3) is 4.00. The first-order chi connectivity index (χ1) is 9.46. The van der Waals surface area contributed by atoms with Gasteiger partial charge in [0, 0.05) is 12.8 Å². The molecule has 0 saturated carbocycles. The number of carbonyl (C=O) groups excluding carboxylic acids is 1. The molecule has 0 aliphatic heterocycles. The summed E-state index contributed by atoms with van der Waals surface area (Å²) in [5.74, 6) is 0.229. The van der Waals surface area contributed by atoms with Crippen LogP contribution in [0.5, 0.6) is 0 Å². The number of hydrogen-bond donors (Lipinski definition) is 0. The SMILES string of the molecule is CCCc1nc(C(C)(C)OCC)ncc1C(=O)OCC. The molecule has 0 spiro atoms. The van der Waals surface area contributed by atoms with Crippen LogP contribution < -0.4 is 0 Å². The van der Waals surface area contributed by atoms with Crippen molar-refractivity contribution in [3.63, 3.8) is 0 Å². The lowest BCUT2D eigenvalue weighted by Gasteiger charge is -2.23. The summed E-state index contributed by atoms with van der Waals surface area (Å²) in [4.78, 5) is 20.7. The van der Waals surface area contributed by atoms with Crippen LogP contribution in [0.2, 0.25) is 0 Å². The molecule has 20 heavy (non-hydrogen) atoms. The van der Waals surface area contributed by atoms with E-state index in [0.29, 0.717) is 31.0 Å². The van der Waals surface area contributed by atoms with Gasteiger partial charge in [-0.1, -0.05) is 13.3 Å². The van der Waals surface area contributed by atoms with Crippen molar-refractivity contribution < 1.29 is 14.3 Å². The van der Waals surface area contributed by atoms with Crippen molar-refractivity contribution >= 4 is 5.97 Å². The molecule has 0 aliphatic carbocycles. The molecule has 0 unspecified atom stereocenters. The number of nitrogens with zero attached hydrogens (tertiary/aromatic N) is 2. The largest absolute Gasteiger partial charge is 0.462 e. The van der Waals surface area contributed by atoms with E-state index >= 15 is 0 Å². The van der Waals surface area contributed by atoms with Crippen LogP contribution in [0.4, 0.5) is 0 Å². The number of ether oxygens (including phenoxy) is 2. The van der Waals surface area contributed by atoms with Gasteiger partial charge in [0.1, 0.15) is 5.60 Å². The van der Waals surface area contributed by atoms with Crippen LogP contribution in [-0.2, 0) is 21.5 Å². The summed E-state index contributed by atoms with van der Waals surface area (Å²) in [5, 5.41) is 0. The minimum absolute atomic E-state index is 0.344. The van der Waals surface area contributed by atoms with E-state index in [1.54, 1.807) is 13.1 Å². The van der Waals surface area contributed by atoms with Crippen molar-refractivity contribution in [3.8, 4) is 0 Å². The Kier molecular flexibility index (Phi) is 6.07. The Bertz CT molecular complexity index is 458. The van der Waals surface area contributed by atoms with Crippen molar-refractivity contribution in [2.24, 2.45) is 0 Å². The van der Waals surface area contributed by atoms with Crippen LogP contribution >= 0.6 is 0 Å². The minimum Gasteiger partial charge on any atom is -0.462 e. The van der Waals surface area contributed by atoms with E-state index in [9.17, 15) is 4.79 Å². The number of aromatic nitrogens is 2. The fraction of sp³-hybridized carbons (Fsp3) is 0.667. The molecule has 0 bridgehead atoms. The first-order valence-electron chi connectivity index (χ1n) is 7.13. The van der Waals surface area contributed by atoms with Gasteiger partial charge in [-0.15, -0.1) is 0 Å². The normalized spacial score (nSPS) is 11.4. The van der Waals surface area contributed by atoms with Crippen molar-refractivity contribution in [2.45, 2.75) is 53.1 Å². The lowest BCUT2D eigenvalue weighted by atomic mass is 10.1. The van der Waals surface area contributed by atoms with Crippen LogP contribution in [0.25, 0.3) is 0 Å². The number of rotatable bonds is 7. The molecule has 1 aromatic rings. The molecule has 0 atom stereocenters. The Labute approximate surface area is 120 Å². The number of aryl methyl sites for hydroxylation is 1. The standard InChI is InChI=1S/C15H24N2O3/c1-6-9-12-11(13(18)19-7-2)10-16-14(17-12)15(4,5)20-8-3/h10H,6-9H2,1-5H3. The molecule has 0 aromatic carbocycles. The van der Waals surface area contributed by atoms with E-state index < -0.39 is 5.60 Å². The zero-order chi connectivity index (χ0) is 15.2. The number of carbonyl (C=O) groups is 1. The minimum atomic E-state index is -0.565. The Balaban J connectivity index is 3.15.